The minimum Gasteiger partial charge on any atom is -0.351 e. The zero-order chi connectivity index (χ0) is 18.4. The molecule has 3 aromatic rings. The highest BCUT2D eigenvalue weighted by Crippen LogP contribution is 2.31. The smallest absolute Gasteiger partial charge is 0.277 e. The third-order valence-electron chi connectivity index (χ3n) is 3.91. The van der Waals surface area contributed by atoms with Gasteiger partial charge in [0.05, 0.1) is 5.69 Å². The summed E-state index contributed by atoms with van der Waals surface area (Å²) in [6, 6.07) is 18.9. The second-order valence-corrected chi connectivity index (χ2v) is 6.62. The number of H-pyrrole nitrogens is 1. The molecule has 0 saturated carbocycles. The van der Waals surface area contributed by atoms with Gasteiger partial charge in [-0.05, 0) is 11.8 Å². The molecule has 0 radical (unpaired) electrons. The van der Waals surface area contributed by atoms with E-state index in [4.69, 9.17) is 0 Å². The van der Waals surface area contributed by atoms with Crippen LogP contribution in [-0.2, 0) is 0 Å². The average Bonchev–Trinajstić information content (AvgIpc) is 2.69. The lowest BCUT2D eigenvalue weighted by atomic mass is 9.95. The number of aromatic amines is 1. The van der Waals surface area contributed by atoms with E-state index in [0.29, 0.717) is 17.8 Å². The molecule has 6 heteroatoms. The first-order valence-electron chi connectivity index (χ1n) is 8.23. The molecule has 0 spiro atoms. The van der Waals surface area contributed by atoms with Crippen molar-refractivity contribution < 1.29 is 4.79 Å². The maximum Gasteiger partial charge on any atom is 0.277 e. The van der Waals surface area contributed by atoms with Gasteiger partial charge < -0.3 is 5.32 Å². The Morgan fingerprint density at radius 3 is 2.27 bits per heavy atom. The summed E-state index contributed by atoms with van der Waals surface area (Å²) in [5.41, 5.74) is 2.32. The van der Waals surface area contributed by atoms with Crippen LogP contribution in [0, 0.1) is 0 Å². The number of rotatable bonds is 6. The van der Waals surface area contributed by atoms with Gasteiger partial charge in [-0.1, -0.05) is 60.7 Å². The molecule has 1 amide bonds. The molecule has 1 heterocycles. The van der Waals surface area contributed by atoms with Crippen molar-refractivity contribution in [2.24, 2.45) is 0 Å². The number of nitrogens with zero attached hydrogens (tertiary/aromatic N) is 1. The molecule has 0 aliphatic carbocycles. The largest absolute Gasteiger partial charge is 0.351 e. The lowest BCUT2D eigenvalue weighted by Gasteiger charge is -2.13. The Kier molecular flexibility index (Phi) is 5.86. The molecule has 5 nitrogen and oxygen atoms in total. The van der Waals surface area contributed by atoms with E-state index in [0.717, 1.165) is 16.9 Å². The fourth-order valence-electron chi connectivity index (χ4n) is 2.71. The zero-order valence-electron chi connectivity index (χ0n) is 14.4. The molecule has 0 fully saturated rings. The minimum absolute atomic E-state index is 0.0890. The van der Waals surface area contributed by atoms with Crippen molar-refractivity contribution in [3.8, 4) is 22.4 Å². The number of aromatic nitrogens is 2. The highest BCUT2D eigenvalue weighted by molar-refractivity contribution is 7.98. The van der Waals surface area contributed by atoms with Gasteiger partial charge in [-0.2, -0.15) is 16.9 Å². The lowest BCUT2D eigenvalue weighted by Crippen LogP contribution is -2.32. The molecule has 0 atom stereocenters. The number of hydrogen-bond donors (Lipinski definition) is 2. The molecule has 0 bridgehead atoms. The van der Waals surface area contributed by atoms with E-state index in [1.165, 1.54) is 0 Å². The molecular formula is C20H19N3O2S. The molecular weight excluding hydrogens is 346 g/mol. The van der Waals surface area contributed by atoms with Crippen molar-refractivity contribution in [2.45, 2.75) is 0 Å². The van der Waals surface area contributed by atoms with Crippen LogP contribution in [0.2, 0.25) is 0 Å². The van der Waals surface area contributed by atoms with Crippen LogP contribution in [0.25, 0.3) is 22.4 Å². The summed E-state index contributed by atoms with van der Waals surface area (Å²) in [4.78, 5) is 25.2. The third kappa shape index (κ3) is 3.86. The van der Waals surface area contributed by atoms with Crippen LogP contribution >= 0.6 is 11.8 Å². The van der Waals surface area contributed by atoms with Gasteiger partial charge in [0.1, 0.15) is 5.56 Å². The van der Waals surface area contributed by atoms with Crippen LogP contribution in [0.1, 0.15) is 10.4 Å². The Morgan fingerprint density at radius 1 is 1.04 bits per heavy atom. The highest BCUT2D eigenvalue weighted by atomic mass is 32.2. The zero-order valence-corrected chi connectivity index (χ0v) is 15.2. The van der Waals surface area contributed by atoms with E-state index < -0.39 is 11.5 Å². The average molecular weight is 365 g/mol. The predicted molar refractivity (Wildman–Crippen MR) is 106 cm³/mol. The van der Waals surface area contributed by atoms with Crippen molar-refractivity contribution in [3.63, 3.8) is 0 Å². The minimum atomic E-state index is -0.495. The summed E-state index contributed by atoms with van der Waals surface area (Å²) >= 11 is 1.63. The van der Waals surface area contributed by atoms with Gasteiger partial charge in [-0.25, -0.2) is 5.10 Å². The number of carbonyl (C=O) groups is 1. The summed E-state index contributed by atoms with van der Waals surface area (Å²) in [6.07, 6.45) is 1.97. The van der Waals surface area contributed by atoms with E-state index in [1.54, 1.807) is 11.8 Å². The first-order valence-corrected chi connectivity index (χ1v) is 9.62. The van der Waals surface area contributed by atoms with Crippen LogP contribution in [-0.4, -0.2) is 34.7 Å². The summed E-state index contributed by atoms with van der Waals surface area (Å²) in [6.45, 7) is 0.497. The fourth-order valence-corrected chi connectivity index (χ4v) is 3.02. The SMILES string of the molecule is CSCCNC(=O)c1c(-c2ccccc2)c(-c2ccccc2)n[nH]c1=O. The third-order valence-corrected chi connectivity index (χ3v) is 4.52. The van der Waals surface area contributed by atoms with Crippen molar-refractivity contribution >= 4 is 17.7 Å². The molecule has 26 heavy (non-hydrogen) atoms. The molecule has 0 unspecified atom stereocenters. The summed E-state index contributed by atoms with van der Waals surface area (Å²) in [5, 5.41) is 9.54. The van der Waals surface area contributed by atoms with Crippen molar-refractivity contribution in [3.05, 3.63) is 76.6 Å². The first-order chi connectivity index (χ1) is 12.7. The quantitative estimate of drug-likeness (QED) is 0.658. The van der Waals surface area contributed by atoms with Gasteiger partial charge in [0.2, 0.25) is 0 Å². The maximum absolute atomic E-state index is 12.7. The number of benzene rings is 2. The number of thioether (sulfide) groups is 1. The van der Waals surface area contributed by atoms with Crippen LogP contribution in [0.4, 0.5) is 0 Å². The van der Waals surface area contributed by atoms with Crippen molar-refractivity contribution in [1.82, 2.24) is 15.5 Å². The maximum atomic E-state index is 12.7. The Morgan fingerprint density at radius 2 is 1.65 bits per heavy atom. The Labute approximate surface area is 155 Å². The Hall–Kier alpha value is -2.86. The Balaban J connectivity index is 2.20. The van der Waals surface area contributed by atoms with Gasteiger partial charge in [0.25, 0.3) is 11.5 Å². The number of nitrogens with one attached hydrogen (secondary N) is 2. The van der Waals surface area contributed by atoms with E-state index in [-0.39, 0.29) is 5.56 Å². The van der Waals surface area contributed by atoms with Gasteiger partial charge >= 0.3 is 0 Å². The lowest BCUT2D eigenvalue weighted by molar-refractivity contribution is 0.0955. The van der Waals surface area contributed by atoms with Crippen LogP contribution in [0.3, 0.4) is 0 Å². The molecule has 1 aromatic heterocycles. The van der Waals surface area contributed by atoms with Crippen LogP contribution in [0.15, 0.2) is 65.5 Å². The normalized spacial score (nSPS) is 10.5. The summed E-state index contributed by atoms with van der Waals surface area (Å²) in [5.74, 6) is 0.389. The molecule has 2 aromatic carbocycles. The summed E-state index contributed by atoms with van der Waals surface area (Å²) < 4.78 is 0. The second-order valence-electron chi connectivity index (χ2n) is 5.63. The van der Waals surface area contributed by atoms with Gasteiger partial charge in [-0.15, -0.1) is 0 Å². The predicted octanol–water partition coefficient (Wildman–Crippen LogP) is 3.20. The van der Waals surface area contributed by atoms with Crippen LogP contribution < -0.4 is 10.9 Å². The number of amides is 1. The van der Waals surface area contributed by atoms with E-state index >= 15 is 0 Å². The fraction of sp³-hybridized carbons (Fsp3) is 0.150. The van der Waals surface area contributed by atoms with Crippen LogP contribution in [0.5, 0.6) is 0 Å². The van der Waals surface area contributed by atoms with E-state index in [1.807, 2.05) is 66.9 Å². The number of carbonyl (C=O) groups excluding carboxylic acids is 1. The molecule has 3 rings (SSSR count). The standard InChI is InChI=1S/C20H19N3O2S/c1-26-13-12-21-19(24)17-16(14-8-4-2-5-9-14)18(22-23-20(17)25)15-10-6-3-7-11-15/h2-11H,12-13H2,1H3,(H,21,24)(H,23,25). The van der Waals surface area contributed by atoms with Gasteiger partial charge in [0.15, 0.2) is 0 Å². The molecule has 0 aliphatic rings. The molecule has 132 valence electrons. The van der Waals surface area contributed by atoms with E-state index in [9.17, 15) is 9.59 Å². The second kappa shape index (κ2) is 8.49. The Bertz CT molecular complexity index is 940. The molecule has 0 saturated heterocycles. The molecule has 0 aliphatic heterocycles. The van der Waals surface area contributed by atoms with Crippen molar-refractivity contribution in [2.75, 3.05) is 18.6 Å². The number of hydrogen-bond acceptors (Lipinski definition) is 4. The molecule has 2 N–H and O–H groups in total. The topological polar surface area (TPSA) is 74.8 Å². The van der Waals surface area contributed by atoms with Crippen molar-refractivity contribution in [1.29, 1.82) is 0 Å². The first kappa shape index (κ1) is 17.9. The summed E-state index contributed by atoms with van der Waals surface area (Å²) in [7, 11) is 0. The van der Waals surface area contributed by atoms with Gasteiger partial charge in [-0.3, -0.25) is 9.59 Å². The van der Waals surface area contributed by atoms with E-state index in [2.05, 4.69) is 15.5 Å². The monoisotopic (exact) mass is 365 g/mol. The van der Waals surface area contributed by atoms with Gasteiger partial charge in [0, 0.05) is 23.4 Å². The highest BCUT2D eigenvalue weighted by Gasteiger charge is 2.22.